The van der Waals surface area contributed by atoms with Gasteiger partial charge in [0.1, 0.15) is 5.75 Å². The Labute approximate surface area is 183 Å². The number of carbonyl (C=O) groups is 2. The number of nitrogens with one attached hydrogen (secondary N) is 1. The molecule has 2 heterocycles. The van der Waals surface area contributed by atoms with Gasteiger partial charge in [0.2, 0.25) is 5.91 Å². The lowest BCUT2D eigenvalue weighted by atomic mass is 9.99. The maximum atomic E-state index is 12.6. The molecule has 0 saturated carbocycles. The predicted molar refractivity (Wildman–Crippen MR) is 120 cm³/mol. The molecule has 7 nitrogen and oxygen atoms in total. The lowest BCUT2D eigenvalue weighted by molar-refractivity contribution is -0.181. The fourth-order valence-corrected chi connectivity index (χ4v) is 4.45. The molecule has 1 unspecified atom stereocenters. The van der Waals surface area contributed by atoms with Crippen molar-refractivity contribution in [3.05, 3.63) is 42.5 Å². The Bertz CT molecular complexity index is 873. The van der Waals surface area contributed by atoms with Crippen molar-refractivity contribution in [2.45, 2.75) is 43.9 Å². The monoisotopic (exact) mass is 425 g/mol. The van der Waals surface area contributed by atoms with Crippen molar-refractivity contribution in [2.75, 3.05) is 44.0 Å². The van der Waals surface area contributed by atoms with Crippen LogP contribution in [-0.2, 0) is 14.3 Å². The number of rotatable bonds is 6. The zero-order valence-corrected chi connectivity index (χ0v) is 18.3. The number of methoxy groups -OCH3 is 1. The molecule has 0 bridgehead atoms. The van der Waals surface area contributed by atoms with Crippen LogP contribution in [0.1, 0.15) is 32.1 Å². The molecule has 1 aromatic rings. The van der Waals surface area contributed by atoms with Crippen LogP contribution >= 0.6 is 0 Å². The number of allylic oxidation sites excluding steroid dienone is 2. The van der Waals surface area contributed by atoms with Crippen LogP contribution in [0.3, 0.4) is 0 Å². The number of ether oxygens (including phenoxy) is 2. The lowest BCUT2D eigenvalue weighted by Gasteiger charge is -2.45. The summed E-state index contributed by atoms with van der Waals surface area (Å²) in [6, 6.07) is 6.15. The van der Waals surface area contributed by atoms with Crippen molar-refractivity contribution in [3.63, 3.8) is 0 Å². The van der Waals surface area contributed by atoms with Crippen LogP contribution in [0.15, 0.2) is 42.5 Å². The van der Waals surface area contributed by atoms with Crippen LogP contribution in [-0.4, -0.2) is 62.2 Å². The summed E-state index contributed by atoms with van der Waals surface area (Å²) in [4.78, 5) is 28.1. The first-order valence-electron chi connectivity index (χ1n) is 11.0. The van der Waals surface area contributed by atoms with Crippen molar-refractivity contribution in [1.29, 1.82) is 0 Å². The van der Waals surface area contributed by atoms with Gasteiger partial charge in [-0.15, -0.1) is 0 Å². The van der Waals surface area contributed by atoms with Crippen LogP contribution in [0, 0.1) is 0 Å². The highest BCUT2D eigenvalue weighted by molar-refractivity contribution is 6.00. The van der Waals surface area contributed by atoms with E-state index in [0.717, 1.165) is 24.5 Å². The summed E-state index contributed by atoms with van der Waals surface area (Å²) < 4.78 is 11.7. The topological polar surface area (TPSA) is 71.1 Å². The predicted octanol–water partition coefficient (Wildman–Crippen LogP) is 3.13. The second kappa shape index (κ2) is 9.14. The molecule has 2 aliphatic heterocycles. The second-order valence-electron chi connectivity index (χ2n) is 8.36. The van der Waals surface area contributed by atoms with Gasteiger partial charge < -0.3 is 24.6 Å². The van der Waals surface area contributed by atoms with Crippen LogP contribution in [0.25, 0.3) is 0 Å². The van der Waals surface area contributed by atoms with Gasteiger partial charge in [-0.05, 0) is 62.1 Å². The smallest absolute Gasteiger partial charge is 0.227 e. The zero-order valence-electron chi connectivity index (χ0n) is 18.3. The molecule has 4 rings (SSSR count). The van der Waals surface area contributed by atoms with E-state index in [1.54, 1.807) is 31.2 Å². The van der Waals surface area contributed by atoms with E-state index in [1.165, 1.54) is 37.1 Å². The minimum atomic E-state index is -0.969. The summed E-state index contributed by atoms with van der Waals surface area (Å²) >= 11 is 0. The first-order chi connectivity index (χ1) is 15.0. The molecule has 7 heteroatoms. The molecule has 1 aromatic carbocycles. The van der Waals surface area contributed by atoms with Crippen molar-refractivity contribution in [1.82, 2.24) is 4.90 Å². The quantitative estimate of drug-likeness (QED) is 0.755. The standard InChI is InChI=1S/C24H31N3O4/c1-26-23(29)17-20(31-24(26)11-8-18(28)9-12-24)10-13-25-21-16-19(30-2)6-7-22(21)27-14-4-3-5-15-27/h6-9,11-12,16,20,25H,3-5,10,13-15,17H2,1-2H3. The van der Waals surface area contributed by atoms with Gasteiger partial charge in [0.15, 0.2) is 11.5 Å². The third-order valence-electron chi connectivity index (χ3n) is 6.31. The van der Waals surface area contributed by atoms with Crippen molar-refractivity contribution in [3.8, 4) is 5.75 Å². The van der Waals surface area contributed by atoms with E-state index in [4.69, 9.17) is 9.47 Å². The van der Waals surface area contributed by atoms with Crippen molar-refractivity contribution in [2.24, 2.45) is 0 Å². The fourth-order valence-electron chi connectivity index (χ4n) is 4.45. The average molecular weight is 426 g/mol. The fraction of sp³-hybridized carbons (Fsp3) is 0.500. The van der Waals surface area contributed by atoms with Gasteiger partial charge in [-0.2, -0.15) is 0 Å². The Hall–Kier alpha value is -2.80. The number of likely N-dealkylation sites (N-methyl/N-ethyl adjacent to an activating group) is 1. The average Bonchev–Trinajstić information content (AvgIpc) is 2.80. The molecule has 1 atom stereocenters. The number of carbonyl (C=O) groups excluding carboxylic acids is 2. The Balaban J connectivity index is 1.43. The Morgan fingerprint density at radius 1 is 1.16 bits per heavy atom. The number of amides is 1. The summed E-state index contributed by atoms with van der Waals surface area (Å²) in [6.45, 7) is 2.79. The van der Waals surface area contributed by atoms with Gasteiger partial charge >= 0.3 is 0 Å². The first-order valence-corrected chi connectivity index (χ1v) is 11.0. The Morgan fingerprint density at radius 3 is 2.61 bits per heavy atom. The second-order valence-corrected chi connectivity index (χ2v) is 8.36. The van der Waals surface area contributed by atoms with E-state index >= 15 is 0 Å². The third kappa shape index (κ3) is 4.61. The van der Waals surface area contributed by atoms with E-state index in [1.807, 2.05) is 12.1 Å². The van der Waals surface area contributed by atoms with Crippen LogP contribution in [0.5, 0.6) is 5.75 Å². The molecule has 2 saturated heterocycles. The normalized spacial score (nSPS) is 22.8. The van der Waals surface area contributed by atoms with E-state index < -0.39 is 5.72 Å². The van der Waals surface area contributed by atoms with E-state index in [9.17, 15) is 9.59 Å². The summed E-state index contributed by atoms with van der Waals surface area (Å²) in [5, 5.41) is 3.54. The summed E-state index contributed by atoms with van der Waals surface area (Å²) in [7, 11) is 3.38. The van der Waals surface area contributed by atoms with Crippen LogP contribution in [0.2, 0.25) is 0 Å². The van der Waals surface area contributed by atoms with Crippen LogP contribution < -0.4 is 15.0 Å². The molecule has 3 aliphatic rings. The number of ketones is 1. The molecule has 2 fully saturated rings. The van der Waals surface area contributed by atoms with Crippen molar-refractivity contribution >= 4 is 23.1 Å². The summed E-state index contributed by atoms with van der Waals surface area (Å²) in [5.41, 5.74) is 1.26. The van der Waals surface area contributed by atoms with E-state index in [0.29, 0.717) is 19.4 Å². The number of hydrogen-bond donors (Lipinski definition) is 1. The van der Waals surface area contributed by atoms with Crippen LogP contribution in [0.4, 0.5) is 11.4 Å². The molecule has 166 valence electrons. The lowest BCUT2D eigenvalue weighted by Crippen LogP contribution is -2.56. The molecule has 1 amide bonds. The zero-order chi connectivity index (χ0) is 21.8. The maximum Gasteiger partial charge on any atom is 0.227 e. The Morgan fingerprint density at radius 2 is 1.90 bits per heavy atom. The van der Waals surface area contributed by atoms with Gasteiger partial charge in [-0.25, -0.2) is 0 Å². The number of hydrogen-bond acceptors (Lipinski definition) is 6. The van der Waals surface area contributed by atoms with Gasteiger partial charge in [0, 0.05) is 32.7 Å². The minimum Gasteiger partial charge on any atom is -0.497 e. The van der Waals surface area contributed by atoms with E-state index in [2.05, 4.69) is 16.3 Å². The number of nitrogens with zero attached hydrogens (tertiary/aromatic N) is 2. The maximum absolute atomic E-state index is 12.6. The number of piperidine rings is 1. The SMILES string of the molecule is COc1ccc(N2CCCCC2)c(NCCC2CC(=O)N(C)C3(C=CC(=O)C=C3)O2)c1. The van der Waals surface area contributed by atoms with Gasteiger partial charge in [-0.3, -0.25) is 9.59 Å². The highest BCUT2D eigenvalue weighted by Gasteiger charge is 2.42. The highest BCUT2D eigenvalue weighted by Crippen LogP contribution is 2.34. The van der Waals surface area contributed by atoms with Crippen molar-refractivity contribution < 1.29 is 19.1 Å². The highest BCUT2D eigenvalue weighted by atomic mass is 16.5. The van der Waals surface area contributed by atoms with Gasteiger partial charge in [-0.1, -0.05) is 0 Å². The van der Waals surface area contributed by atoms with Gasteiger partial charge in [0.05, 0.1) is 31.0 Å². The first kappa shape index (κ1) is 21.4. The van der Waals surface area contributed by atoms with E-state index in [-0.39, 0.29) is 17.8 Å². The number of anilines is 2. The molecule has 1 spiro atoms. The van der Waals surface area contributed by atoms with Gasteiger partial charge in [0.25, 0.3) is 0 Å². The molecular formula is C24H31N3O4. The molecule has 0 radical (unpaired) electrons. The molecule has 1 aliphatic carbocycles. The summed E-state index contributed by atoms with van der Waals surface area (Å²) in [5.74, 6) is 0.729. The molecular weight excluding hydrogens is 394 g/mol. The number of benzene rings is 1. The largest absolute Gasteiger partial charge is 0.497 e. The minimum absolute atomic E-state index is 0.00952. The molecule has 31 heavy (non-hydrogen) atoms. The summed E-state index contributed by atoms with van der Waals surface area (Å²) in [6.07, 6.45) is 10.7. The third-order valence-corrected chi connectivity index (χ3v) is 6.31. The molecule has 1 N–H and O–H groups in total. The molecule has 0 aromatic heterocycles. The Kier molecular flexibility index (Phi) is 6.32.